The smallest absolute Gasteiger partial charge is 0.123 e. The van der Waals surface area contributed by atoms with Gasteiger partial charge in [-0.3, -0.25) is 0 Å². The molecular weight excluding hydrogens is 264 g/mol. The van der Waals surface area contributed by atoms with Crippen LogP contribution in [0, 0.1) is 20.8 Å². The molecule has 0 aliphatic rings. The van der Waals surface area contributed by atoms with Crippen LogP contribution in [0.2, 0.25) is 0 Å². The largest absolute Gasteiger partial charge is 0.496 e. The van der Waals surface area contributed by atoms with E-state index in [-0.39, 0.29) is 5.38 Å². The molecule has 2 aromatic rings. The summed E-state index contributed by atoms with van der Waals surface area (Å²) in [4.78, 5) is 2.50. The van der Waals surface area contributed by atoms with E-state index in [0.717, 1.165) is 11.3 Å². The molecule has 0 bridgehead atoms. The van der Waals surface area contributed by atoms with Gasteiger partial charge in [-0.15, -0.1) is 22.9 Å². The van der Waals surface area contributed by atoms with Crippen molar-refractivity contribution in [1.82, 2.24) is 0 Å². The first-order valence-corrected chi connectivity index (χ1v) is 7.13. The van der Waals surface area contributed by atoms with Gasteiger partial charge in [0.15, 0.2) is 0 Å². The predicted molar refractivity (Wildman–Crippen MR) is 79.2 cm³/mol. The first-order valence-electron chi connectivity index (χ1n) is 5.88. The van der Waals surface area contributed by atoms with E-state index in [4.69, 9.17) is 16.3 Å². The average Bonchev–Trinajstić information content (AvgIpc) is 2.68. The zero-order valence-electron chi connectivity index (χ0n) is 11.1. The van der Waals surface area contributed by atoms with Gasteiger partial charge in [0.25, 0.3) is 0 Å². The fourth-order valence-electron chi connectivity index (χ4n) is 1.93. The van der Waals surface area contributed by atoms with E-state index in [9.17, 15) is 0 Å². The van der Waals surface area contributed by atoms with Crippen LogP contribution < -0.4 is 4.74 Å². The van der Waals surface area contributed by atoms with E-state index in [1.165, 1.54) is 20.9 Å². The van der Waals surface area contributed by atoms with Crippen molar-refractivity contribution in [3.8, 4) is 5.75 Å². The molecule has 96 valence electrons. The van der Waals surface area contributed by atoms with E-state index in [1.807, 2.05) is 12.1 Å². The normalized spacial score (nSPS) is 12.5. The van der Waals surface area contributed by atoms with Crippen LogP contribution in [0.4, 0.5) is 0 Å². The number of methoxy groups -OCH3 is 1. The Hall–Kier alpha value is -0.990. The second kappa shape index (κ2) is 5.33. The summed E-state index contributed by atoms with van der Waals surface area (Å²) in [6, 6.07) is 8.28. The van der Waals surface area contributed by atoms with Gasteiger partial charge in [0.05, 0.1) is 12.5 Å². The minimum atomic E-state index is -0.141. The van der Waals surface area contributed by atoms with Gasteiger partial charge in [0.1, 0.15) is 5.75 Å². The maximum atomic E-state index is 6.60. The highest BCUT2D eigenvalue weighted by Gasteiger charge is 2.18. The molecule has 2 rings (SSSR count). The molecule has 1 heterocycles. The second-order valence-electron chi connectivity index (χ2n) is 4.50. The standard InChI is InChI=1S/C15H17ClOS/c1-9-5-6-13(17-4)12(7-9)15(16)14-8-10(2)11(3)18-14/h5-8,15H,1-4H3. The molecule has 0 aliphatic heterocycles. The van der Waals surface area contributed by atoms with Crippen LogP contribution in [-0.4, -0.2) is 7.11 Å². The van der Waals surface area contributed by atoms with Crippen molar-refractivity contribution in [3.63, 3.8) is 0 Å². The molecule has 18 heavy (non-hydrogen) atoms. The molecule has 0 amide bonds. The Morgan fingerprint density at radius 2 is 1.89 bits per heavy atom. The molecule has 1 aromatic heterocycles. The first-order chi connectivity index (χ1) is 8.52. The van der Waals surface area contributed by atoms with Gasteiger partial charge >= 0.3 is 0 Å². The number of aryl methyl sites for hydroxylation is 3. The molecule has 1 unspecified atom stereocenters. The maximum absolute atomic E-state index is 6.60. The number of thiophene rings is 1. The van der Waals surface area contributed by atoms with Gasteiger partial charge in [-0.1, -0.05) is 17.7 Å². The Morgan fingerprint density at radius 3 is 2.44 bits per heavy atom. The summed E-state index contributed by atoms with van der Waals surface area (Å²) in [6.45, 7) is 6.31. The number of benzene rings is 1. The van der Waals surface area contributed by atoms with E-state index < -0.39 is 0 Å². The zero-order chi connectivity index (χ0) is 13.3. The fraction of sp³-hybridized carbons (Fsp3) is 0.333. The van der Waals surface area contributed by atoms with E-state index in [1.54, 1.807) is 18.4 Å². The second-order valence-corrected chi connectivity index (χ2v) is 6.22. The highest BCUT2D eigenvalue weighted by Crippen LogP contribution is 2.39. The van der Waals surface area contributed by atoms with Crippen LogP contribution >= 0.6 is 22.9 Å². The summed E-state index contributed by atoms with van der Waals surface area (Å²) in [5, 5.41) is -0.141. The summed E-state index contributed by atoms with van der Waals surface area (Å²) in [6.07, 6.45) is 0. The molecule has 0 saturated heterocycles. The third-order valence-corrected chi connectivity index (χ3v) is 4.91. The van der Waals surface area contributed by atoms with E-state index in [2.05, 4.69) is 32.9 Å². The van der Waals surface area contributed by atoms with E-state index >= 15 is 0 Å². The number of rotatable bonds is 3. The minimum Gasteiger partial charge on any atom is -0.496 e. The summed E-state index contributed by atoms with van der Waals surface area (Å²) in [5.74, 6) is 0.851. The van der Waals surface area contributed by atoms with Crippen LogP contribution in [0.3, 0.4) is 0 Å². The molecule has 3 heteroatoms. The maximum Gasteiger partial charge on any atom is 0.123 e. The lowest BCUT2D eigenvalue weighted by molar-refractivity contribution is 0.410. The SMILES string of the molecule is COc1ccc(C)cc1C(Cl)c1cc(C)c(C)s1. The lowest BCUT2D eigenvalue weighted by Gasteiger charge is -2.13. The number of alkyl halides is 1. The molecule has 1 nitrogen and oxygen atoms in total. The number of ether oxygens (including phenoxy) is 1. The first kappa shape index (κ1) is 13.4. The zero-order valence-corrected chi connectivity index (χ0v) is 12.7. The molecule has 0 aliphatic carbocycles. The minimum absolute atomic E-state index is 0.141. The molecule has 0 spiro atoms. The Kier molecular flexibility index (Phi) is 3.98. The quantitative estimate of drug-likeness (QED) is 0.718. The number of hydrogen-bond acceptors (Lipinski definition) is 2. The lowest BCUT2D eigenvalue weighted by atomic mass is 10.1. The van der Waals surface area contributed by atoms with Crippen molar-refractivity contribution in [2.75, 3.05) is 7.11 Å². The molecule has 0 N–H and O–H groups in total. The van der Waals surface area contributed by atoms with Crippen LogP contribution in [-0.2, 0) is 0 Å². The van der Waals surface area contributed by atoms with Crippen LogP contribution in [0.5, 0.6) is 5.75 Å². The van der Waals surface area contributed by atoms with Gasteiger partial charge in [-0.2, -0.15) is 0 Å². The molecule has 0 fully saturated rings. The monoisotopic (exact) mass is 280 g/mol. The van der Waals surface area contributed by atoms with E-state index in [0.29, 0.717) is 0 Å². The Bertz CT molecular complexity index is 540. The van der Waals surface area contributed by atoms with Crippen molar-refractivity contribution in [2.24, 2.45) is 0 Å². The van der Waals surface area contributed by atoms with Crippen molar-refractivity contribution in [1.29, 1.82) is 0 Å². The Labute approximate surface area is 117 Å². The predicted octanol–water partition coefficient (Wildman–Crippen LogP) is 5.01. The molecular formula is C15H17ClOS. The summed E-state index contributed by atoms with van der Waals surface area (Å²) in [7, 11) is 1.68. The molecule has 0 saturated carbocycles. The highest BCUT2D eigenvalue weighted by atomic mass is 35.5. The van der Waals surface area contributed by atoms with Crippen LogP contribution in [0.25, 0.3) is 0 Å². The third kappa shape index (κ3) is 2.55. The number of hydrogen-bond donors (Lipinski definition) is 0. The van der Waals surface area contributed by atoms with Crippen LogP contribution in [0.15, 0.2) is 24.3 Å². The summed E-state index contributed by atoms with van der Waals surface area (Å²) >= 11 is 8.36. The van der Waals surface area contributed by atoms with Gasteiger partial charge in [-0.25, -0.2) is 0 Å². The fourth-order valence-corrected chi connectivity index (χ4v) is 3.34. The molecule has 1 aromatic carbocycles. The highest BCUT2D eigenvalue weighted by molar-refractivity contribution is 7.12. The lowest BCUT2D eigenvalue weighted by Crippen LogP contribution is -1.96. The van der Waals surface area contributed by atoms with Crippen molar-refractivity contribution in [2.45, 2.75) is 26.1 Å². The summed E-state index contributed by atoms with van der Waals surface area (Å²) < 4.78 is 5.40. The van der Waals surface area contributed by atoms with Gasteiger partial charge in [0, 0.05) is 15.3 Å². The van der Waals surface area contributed by atoms with Gasteiger partial charge in [-0.05, 0) is 38.5 Å². The Morgan fingerprint density at radius 1 is 1.17 bits per heavy atom. The number of halogens is 1. The van der Waals surface area contributed by atoms with Crippen molar-refractivity contribution >= 4 is 22.9 Å². The Balaban J connectivity index is 2.44. The van der Waals surface area contributed by atoms with Gasteiger partial charge < -0.3 is 4.74 Å². The van der Waals surface area contributed by atoms with Crippen molar-refractivity contribution in [3.05, 3.63) is 50.7 Å². The van der Waals surface area contributed by atoms with Crippen molar-refractivity contribution < 1.29 is 4.74 Å². The summed E-state index contributed by atoms with van der Waals surface area (Å²) in [5.41, 5.74) is 3.54. The molecule has 0 radical (unpaired) electrons. The third-order valence-electron chi connectivity index (χ3n) is 3.09. The van der Waals surface area contributed by atoms with Crippen LogP contribution in [0.1, 0.15) is 31.8 Å². The van der Waals surface area contributed by atoms with Gasteiger partial charge in [0.2, 0.25) is 0 Å². The average molecular weight is 281 g/mol. The topological polar surface area (TPSA) is 9.23 Å². The molecule has 1 atom stereocenters.